The fraction of sp³-hybridized carbons (Fsp3) is 0.118. The minimum Gasteiger partial charge on any atom is -0.495 e. The molecular formula is C17H15ClN4O4. The van der Waals surface area contributed by atoms with Crippen molar-refractivity contribution in [1.82, 2.24) is 10.2 Å². The van der Waals surface area contributed by atoms with Crippen molar-refractivity contribution >= 4 is 45.7 Å². The summed E-state index contributed by atoms with van der Waals surface area (Å²) in [5.41, 5.74) is 1.47. The molecule has 0 unspecified atom stereocenters. The van der Waals surface area contributed by atoms with Crippen LogP contribution in [0.15, 0.2) is 36.5 Å². The van der Waals surface area contributed by atoms with Crippen LogP contribution in [-0.2, 0) is 9.59 Å². The van der Waals surface area contributed by atoms with Crippen LogP contribution >= 0.6 is 11.6 Å². The Morgan fingerprint density at radius 2 is 1.77 bits per heavy atom. The molecule has 26 heavy (non-hydrogen) atoms. The zero-order valence-electron chi connectivity index (χ0n) is 13.9. The molecule has 0 atom stereocenters. The molecule has 1 aromatic heterocycles. The van der Waals surface area contributed by atoms with Gasteiger partial charge in [0.25, 0.3) is 0 Å². The summed E-state index contributed by atoms with van der Waals surface area (Å²) in [6.45, 7) is 0. The summed E-state index contributed by atoms with van der Waals surface area (Å²) >= 11 is 6.02. The number of aromatic nitrogens is 2. The van der Waals surface area contributed by atoms with Gasteiger partial charge in [0.05, 0.1) is 36.6 Å². The van der Waals surface area contributed by atoms with Crippen molar-refractivity contribution in [1.29, 1.82) is 0 Å². The predicted octanol–water partition coefficient (Wildman–Crippen LogP) is 2.81. The Balaban J connectivity index is 1.75. The molecule has 0 aliphatic heterocycles. The molecule has 0 saturated carbocycles. The SMILES string of the molecule is COc1cc(NC(=O)C(=O)Nc2ccc3cn[nH]c3c2)c(OC)cc1Cl. The first-order valence-electron chi connectivity index (χ1n) is 7.49. The molecule has 3 N–H and O–H groups in total. The molecule has 2 aromatic carbocycles. The molecule has 0 saturated heterocycles. The van der Waals surface area contributed by atoms with Gasteiger partial charge in [-0.05, 0) is 18.2 Å². The van der Waals surface area contributed by atoms with Crippen molar-refractivity contribution < 1.29 is 19.1 Å². The maximum atomic E-state index is 12.2. The first-order valence-corrected chi connectivity index (χ1v) is 7.86. The number of amides is 2. The van der Waals surface area contributed by atoms with Crippen LogP contribution in [0.1, 0.15) is 0 Å². The largest absolute Gasteiger partial charge is 0.495 e. The second-order valence-corrected chi connectivity index (χ2v) is 5.67. The van der Waals surface area contributed by atoms with Crippen LogP contribution in [-0.4, -0.2) is 36.2 Å². The third-order valence-electron chi connectivity index (χ3n) is 3.63. The van der Waals surface area contributed by atoms with Gasteiger partial charge in [-0.1, -0.05) is 11.6 Å². The van der Waals surface area contributed by atoms with E-state index in [0.29, 0.717) is 22.2 Å². The van der Waals surface area contributed by atoms with Crippen molar-refractivity contribution in [2.75, 3.05) is 24.9 Å². The Hall–Kier alpha value is -3.26. The molecule has 2 amide bonds. The number of carbonyl (C=O) groups excluding carboxylic acids is 2. The summed E-state index contributed by atoms with van der Waals surface area (Å²) in [6.07, 6.45) is 1.66. The zero-order chi connectivity index (χ0) is 18.7. The van der Waals surface area contributed by atoms with Crippen molar-refractivity contribution in [2.45, 2.75) is 0 Å². The highest BCUT2D eigenvalue weighted by Crippen LogP contribution is 2.35. The molecule has 0 bridgehead atoms. The monoisotopic (exact) mass is 374 g/mol. The average Bonchev–Trinajstić information content (AvgIpc) is 3.10. The number of rotatable bonds is 4. The van der Waals surface area contributed by atoms with Gasteiger partial charge in [-0.3, -0.25) is 14.7 Å². The Morgan fingerprint density at radius 3 is 2.50 bits per heavy atom. The van der Waals surface area contributed by atoms with Gasteiger partial charge in [-0.15, -0.1) is 0 Å². The highest BCUT2D eigenvalue weighted by atomic mass is 35.5. The van der Waals surface area contributed by atoms with Crippen molar-refractivity contribution in [3.8, 4) is 11.5 Å². The maximum absolute atomic E-state index is 12.2. The van der Waals surface area contributed by atoms with Crippen LogP contribution in [0, 0.1) is 0 Å². The van der Waals surface area contributed by atoms with E-state index in [1.165, 1.54) is 26.4 Å². The quantitative estimate of drug-likeness (QED) is 0.609. The number of hydrogen-bond acceptors (Lipinski definition) is 5. The molecule has 9 heteroatoms. The van der Waals surface area contributed by atoms with E-state index in [1.54, 1.807) is 24.4 Å². The highest BCUT2D eigenvalue weighted by Gasteiger charge is 2.18. The number of fused-ring (bicyclic) bond motifs is 1. The predicted molar refractivity (Wildman–Crippen MR) is 97.9 cm³/mol. The van der Waals surface area contributed by atoms with Crippen molar-refractivity contribution in [2.24, 2.45) is 0 Å². The van der Waals surface area contributed by atoms with E-state index in [1.807, 2.05) is 0 Å². The maximum Gasteiger partial charge on any atom is 0.314 e. The zero-order valence-corrected chi connectivity index (χ0v) is 14.7. The van der Waals surface area contributed by atoms with E-state index in [4.69, 9.17) is 21.1 Å². The summed E-state index contributed by atoms with van der Waals surface area (Å²) in [6, 6.07) is 8.09. The van der Waals surface area contributed by atoms with Crippen LogP contribution < -0.4 is 20.1 Å². The van der Waals surface area contributed by atoms with Gasteiger partial charge in [0.2, 0.25) is 0 Å². The third-order valence-corrected chi connectivity index (χ3v) is 3.92. The number of benzene rings is 2. The normalized spacial score (nSPS) is 10.4. The molecule has 134 valence electrons. The van der Waals surface area contributed by atoms with E-state index in [0.717, 1.165) is 10.9 Å². The minimum atomic E-state index is -0.864. The smallest absolute Gasteiger partial charge is 0.314 e. The summed E-state index contributed by atoms with van der Waals surface area (Å²) in [5, 5.41) is 12.9. The molecule has 3 aromatic rings. The number of methoxy groups -OCH3 is 2. The number of halogens is 1. The molecule has 8 nitrogen and oxygen atoms in total. The van der Waals surface area contributed by atoms with E-state index in [2.05, 4.69) is 20.8 Å². The lowest BCUT2D eigenvalue weighted by Gasteiger charge is -2.13. The van der Waals surface area contributed by atoms with Gasteiger partial charge < -0.3 is 20.1 Å². The fourth-order valence-corrected chi connectivity index (χ4v) is 2.57. The lowest BCUT2D eigenvalue weighted by atomic mass is 10.2. The summed E-state index contributed by atoms with van der Waals surface area (Å²) in [7, 11) is 2.87. The van der Waals surface area contributed by atoms with Gasteiger partial charge in [-0.2, -0.15) is 5.10 Å². The number of H-pyrrole nitrogens is 1. The third kappa shape index (κ3) is 3.55. The Kier molecular flexibility index (Phi) is 4.94. The number of ether oxygens (including phenoxy) is 2. The molecular weight excluding hydrogens is 360 g/mol. The molecule has 0 spiro atoms. The Morgan fingerprint density at radius 1 is 1.04 bits per heavy atom. The fourth-order valence-electron chi connectivity index (χ4n) is 2.34. The first kappa shape index (κ1) is 17.6. The van der Waals surface area contributed by atoms with E-state index in [9.17, 15) is 9.59 Å². The average molecular weight is 375 g/mol. The minimum absolute atomic E-state index is 0.262. The second-order valence-electron chi connectivity index (χ2n) is 5.27. The lowest BCUT2D eigenvalue weighted by molar-refractivity contribution is -0.133. The number of hydrogen-bond donors (Lipinski definition) is 3. The lowest BCUT2D eigenvalue weighted by Crippen LogP contribution is -2.29. The summed E-state index contributed by atoms with van der Waals surface area (Å²) < 4.78 is 10.3. The molecule has 1 heterocycles. The first-order chi connectivity index (χ1) is 12.5. The summed E-state index contributed by atoms with van der Waals surface area (Å²) in [4.78, 5) is 24.4. The van der Waals surface area contributed by atoms with Gasteiger partial charge in [0.15, 0.2) is 0 Å². The van der Waals surface area contributed by atoms with Crippen LogP contribution in [0.2, 0.25) is 5.02 Å². The van der Waals surface area contributed by atoms with Gasteiger partial charge in [-0.25, -0.2) is 0 Å². The van der Waals surface area contributed by atoms with Crippen LogP contribution in [0.4, 0.5) is 11.4 Å². The Bertz CT molecular complexity index is 986. The number of anilines is 2. The molecule has 0 fully saturated rings. The van der Waals surface area contributed by atoms with Gasteiger partial charge >= 0.3 is 11.8 Å². The number of nitrogens with one attached hydrogen (secondary N) is 3. The standard InChI is InChI=1S/C17H15ClN4O4/c1-25-14-7-13(15(26-2)6-11(14)18)21-17(24)16(23)20-10-4-3-9-8-19-22-12(9)5-10/h3-8H,1-2H3,(H,19,22)(H,20,23)(H,21,24). The molecule has 3 rings (SSSR count). The highest BCUT2D eigenvalue weighted by molar-refractivity contribution is 6.44. The van der Waals surface area contributed by atoms with Crippen LogP contribution in [0.25, 0.3) is 10.9 Å². The van der Waals surface area contributed by atoms with E-state index >= 15 is 0 Å². The molecule has 0 aliphatic carbocycles. The second kappa shape index (κ2) is 7.32. The number of nitrogens with zero attached hydrogens (tertiary/aromatic N) is 1. The molecule has 0 aliphatic rings. The van der Waals surface area contributed by atoms with Crippen molar-refractivity contribution in [3.05, 3.63) is 41.6 Å². The number of aromatic amines is 1. The van der Waals surface area contributed by atoms with Gasteiger partial charge in [0, 0.05) is 23.2 Å². The van der Waals surface area contributed by atoms with Crippen LogP contribution in [0.5, 0.6) is 11.5 Å². The Labute approximate surface area is 153 Å². The van der Waals surface area contributed by atoms with Crippen LogP contribution in [0.3, 0.4) is 0 Å². The van der Waals surface area contributed by atoms with Gasteiger partial charge in [0.1, 0.15) is 11.5 Å². The molecule has 0 radical (unpaired) electrons. The summed E-state index contributed by atoms with van der Waals surface area (Å²) in [5.74, 6) is -1.05. The number of carbonyl (C=O) groups is 2. The topological polar surface area (TPSA) is 105 Å². The van der Waals surface area contributed by atoms with E-state index in [-0.39, 0.29) is 5.69 Å². The van der Waals surface area contributed by atoms with E-state index < -0.39 is 11.8 Å². The van der Waals surface area contributed by atoms with Crippen molar-refractivity contribution in [3.63, 3.8) is 0 Å².